The maximum Gasteiger partial charge on any atom is 0.341 e. The fourth-order valence-electron chi connectivity index (χ4n) is 9.08. The van der Waals surface area contributed by atoms with Crippen molar-refractivity contribution in [3.63, 3.8) is 0 Å². The molecule has 0 aliphatic carbocycles. The second-order valence-electron chi connectivity index (χ2n) is 17.1. The Labute approximate surface area is 405 Å². The number of aromatic nitrogens is 2. The van der Waals surface area contributed by atoms with Gasteiger partial charge in [0.2, 0.25) is 10.9 Å². The summed E-state index contributed by atoms with van der Waals surface area (Å²) in [6.07, 6.45) is 2.67. The molecule has 12 nitrogen and oxygen atoms in total. The molecule has 2 aliphatic heterocycles. The topological polar surface area (TPSA) is 140 Å². The highest BCUT2D eigenvalue weighted by atomic mass is 79.9. The van der Waals surface area contributed by atoms with E-state index in [-0.39, 0.29) is 21.9 Å². The van der Waals surface area contributed by atoms with Crippen molar-refractivity contribution in [2.45, 2.75) is 38.8 Å². The number of fused-ring (bicyclic) bond motifs is 4. The van der Waals surface area contributed by atoms with Gasteiger partial charge in [-0.05, 0) is 76.9 Å². The number of hydrogen-bond acceptors (Lipinski definition) is 8. The van der Waals surface area contributed by atoms with Crippen molar-refractivity contribution < 1.29 is 28.6 Å². The van der Waals surface area contributed by atoms with Crippen LogP contribution in [0.1, 0.15) is 45.7 Å². The maximum atomic E-state index is 15.1. The number of halogens is 3. The van der Waals surface area contributed by atoms with E-state index in [4.69, 9.17) is 5.11 Å². The van der Waals surface area contributed by atoms with Crippen LogP contribution < -0.4 is 26.0 Å². The molecule has 0 radical (unpaired) electrons. The van der Waals surface area contributed by atoms with E-state index in [2.05, 4.69) is 98.9 Å². The van der Waals surface area contributed by atoms with E-state index in [1.54, 1.807) is 21.3 Å². The molecule has 6 aromatic carbocycles. The van der Waals surface area contributed by atoms with E-state index < -0.39 is 34.4 Å². The van der Waals surface area contributed by atoms with Crippen molar-refractivity contribution in [3.8, 4) is 0 Å². The number of pyridine rings is 2. The standard InChI is InChI=1S/C27H26FN3O3.C16H18FN3O3.C11H9Br/c1-2-30-17-22(27(33)34)26(32)21-14-23(28)25(15-24(21)30)31-11-9-29(10-12-31)16-18-7-8-19-5-3-4-6-20(19)13-18;1-2-19-9-11(16(22)23)15(21)10-7-12(17)14(8-13(10)19)20-5-3-18-4-6-20;12-8-9-5-6-10-3-1-2-4-11(10)7-9/h3-8,13-15,17H,2,9-12,16H2,1H3,(H,33,34);7-9,18H,2-6H2,1H3,(H,22,23);1-7H,8H2. The molecule has 0 saturated carbocycles. The lowest BCUT2D eigenvalue weighted by Crippen LogP contribution is -2.46. The number of alkyl halides is 1. The monoisotopic (exact) mass is 998 g/mol. The Kier molecular flexibility index (Phi) is 15.2. The summed E-state index contributed by atoms with van der Waals surface area (Å²) < 4.78 is 33.0. The van der Waals surface area contributed by atoms with Gasteiger partial charge in [-0.3, -0.25) is 14.5 Å². The zero-order valence-electron chi connectivity index (χ0n) is 38.4. The molecule has 0 bridgehead atoms. The van der Waals surface area contributed by atoms with Crippen molar-refractivity contribution in [1.82, 2.24) is 19.4 Å². The minimum Gasteiger partial charge on any atom is -0.477 e. The van der Waals surface area contributed by atoms with Gasteiger partial charge in [0.05, 0.1) is 22.4 Å². The number of carboxylic acids is 2. The Morgan fingerprint density at radius 1 is 0.580 bits per heavy atom. The Balaban J connectivity index is 0.000000157. The first-order valence-electron chi connectivity index (χ1n) is 23.0. The smallest absolute Gasteiger partial charge is 0.341 e. The lowest BCUT2D eigenvalue weighted by molar-refractivity contribution is 0.0684. The molecule has 0 unspecified atom stereocenters. The van der Waals surface area contributed by atoms with Crippen LogP contribution in [-0.4, -0.2) is 88.5 Å². The van der Waals surface area contributed by atoms with E-state index in [0.717, 1.165) is 44.1 Å². The first-order valence-corrected chi connectivity index (χ1v) is 24.1. The largest absolute Gasteiger partial charge is 0.477 e. The third-order valence-electron chi connectivity index (χ3n) is 12.8. The average molecular weight is 1000 g/mol. The fourth-order valence-corrected chi connectivity index (χ4v) is 9.43. The summed E-state index contributed by atoms with van der Waals surface area (Å²) in [6, 6.07) is 35.4. The van der Waals surface area contributed by atoms with Crippen molar-refractivity contribution in [1.29, 1.82) is 0 Å². The van der Waals surface area contributed by atoms with Gasteiger partial charge in [-0.2, -0.15) is 0 Å². The van der Waals surface area contributed by atoms with Crippen molar-refractivity contribution in [2.75, 3.05) is 62.2 Å². The van der Waals surface area contributed by atoms with Crippen LogP contribution in [0, 0.1) is 11.6 Å². The second kappa shape index (κ2) is 21.6. The van der Waals surface area contributed by atoms with Crippen molar-refractivity contribution >= 4 is 82.6 Å². The molecule has 0 atom stereocenters. The maximum absolute atomic E-state index is 15.1. The highest BCUT2D eigenvalue weighted by Gasteiger charge is 2.24. The third kappa shape index (κ3) is 10.7. The molecule has 3 N–H and O–H groups in total. The van der Waals surface area contributed by atoms with Crippen molar-refractivity contribution in [3.05, 3.63) is 176 Å². The molecule has 2 fully saturated rings. The number of benzene rings is 6. The predicted molar refractivity (Wildman–Crippen MR) is 275 cm³/mol. The van der Waals surface area contributed by atoms with Gasteiger partial charge in [-0.15, -0.1) is 0 Å². The Hall–Kier alpha value is -6.94. The van der Waals surface area contributed by atoms with Crippen LogP contribution in [0.5, 0.6) is 0 Å². The van der Waals surface area contributed by atoms with Gasteiger partial charge >= 0.3 is 11.9 Å². The summed E-state index contributed by atoms with van der Waals surface area (Å²) in [5, 5.41) is 27.9. The summed E-state index contributed by atoms with van der Waals surface area (Å²) in [7, 11) is 0. The number of carbonyl (C=O) groups is 2. The number of rotatable bonds is 9. The molecular formula is C54H53BrF2N6O6. The molecule has 2 aliphatic rings. The average Bonchev–Trinajstić information content (AvgIpc) is 3.37. The third-order valence-corrected chi connectivity index (χ3v) is 13.4. The van der Waals surface area contributed by atoms with Crippen molar-refractivity contribution in [2.24, 2.45) is 0 Å². The summed E-state index contributed by atoms with van der Waals surface area (Å²) in [5.74, 6) is -3.61. The SMILES string of the molecule is BrCc1ccc2ccccc2c1.CCn1cc(C(=O)O)c(=O)c2cc(F)c(N3CCN(Cc4ccc5ccccc5c4)CC3)cc21.CCn1cc(C(=O)O)c(=O)c2cc(F)c(N3CCNCC3)cc21. The number of anilines is 2. The molecule has 356 valence electrons. The van der Waals surface area contributed by atoms with E-state index in [1.807, 2.05) is 35.8 Å². The van der Waals surface area contributed by atoms with Gasteiger partial charge in [0.1, 0.15) is 22.8 Å². The van der Waals surface area contributed by atoms with Crippen LogP contribution in [0.3, 0.4) is 0 Å². The van der Waals surface area contributed by atoms with Gasteiger partial charge < -0.3 is 34.5 Å². The van der Waals surface area contributed by atoms with Crippen LogP contribution in [0.2, 0.25) is 0 Å². The Morgan fingerprint density at radius 2 is 1.01 bits per heavy atom. The first kappa shape index (κ1) is 48.5. The number of aryl methyl sites for hydroxylation is 2. The Morgan fingerprint density at radius 3 is 1.46 bits per heavy atom. The molecule has 8 aromatic rings. The van der Waals surface area contributed by atoms with E-state index in [9.17, 15) is 28.7 Å². The first-order chi connectivity index (χ1) is 33.4. The molecule has 15 heteroatoms. The van der Waals surface area contributed by atoms with Crippen LogP contribution in [0.15, 0.2) is 131 Å². The van der Waals surface area contributed by atoms with Crippen LogP contribution in [0.4, 0.5) is 20.2 Å². The van der Waals surface area contributed by atoms with E-state index >= 15 is 4.39 Å². The normalized spacial score (nSPS) is 14.1. The number of hydrogen-bond donors (Lipinski definition) is 3. The minimum absolute atomic E-state index is 0.0953. The van der Waals surface area contributed by atoms with Gasteiger partial charge in [0, 0.05) is 100 Å². The zero-order valence-corrected chi connectivity index (χ0v) is 40.0. The number of nitrogens with one attached hydrogen (secondary N) is 1. The summed E-state index contributed by atoms with van der Waals surface area (Å²) in [5.41, 5.74) is 2.59. The number of aromatic carboxylic acids is 2. The highest BCUT2D eigenvalue weighted by molar-refractivity contribution is 9.08. The molecule has 2 saturated heterocycles. The fraction of sp³-hybridized carbons (Fsp3) is 0.259. The minimum atomic E-state index is -1.30. The summed E-state index contributed by atoms with van der Waals surface area (Å²) >= 11 is 3.44. The predicted octanol–water partition coefficient (Wildman–Crippen LogP) is 9.34. The lowest BCUT2D eigenvalue weighted by Gasteiger charge is -2.36. The zero-order chi connectivity index (χ0) is 48.8. The number of carboxylic acid groups (broad SMARTS) is 2. The molecule has 69 heavy (non-hydrogen) atoms. The van der Waals surface area contributed by atoms with Crippen LogP contribution >= 0.6 is 15.9 Å². The lowest BCUT2D eigenvalue weighted by atomic mass is 10.1. The van der Waals surface area contributed by atoms with Gasteiger partial charge in [0.15, 0.2) is 0 Å². The molecule has 2 aromatic heterocycles. The van der Waals surface area contributed by atoms with Crippen LogP contribution in [-0.2, 0) is 25.0 Å². The second-order valence-corrected chi connectivity index (χ2v) is 17.6. The molecule has 0 amide bonds. The van der Waals surface area contributed by atoms with Gasteiger partial charge in [-0.1, -0.05) is 94.8 Å². The molecule has 10 rings (SSSR count). The Bertz CT molecular complexity index is 3330. The quantitative estimate of drug-likeness (QED) is 0.120. The summed E-state index contributed by atoms with van der Waals surface area (Å²) in [6.45, 7) is 11.4. The molecule has 4 heterocycles. The van der Waals surface area contributed by atoms with E-state index in [1.165, 1.54) is 51.1 Å². The molecule has 0 spiro atoms. The molecular weight excluding hydrogens is 947 g/mol. The van der Waals surface area contributed by atoms with Gasteiger partial charge in [0.25, 0.3) is 0 Å². The number of nitrogens with zero attached hydrogens (tertiary/aromatic N) is 5. The van der Waals surface area contributed by atoms with E-state index in [0.29, 0.717) is 61.7 Å². The number of piperazine rings is 2. The van der Waals surface area contributed by atoms with Gasteiger partial charge in [-0.25, -0.2) is 18.4 Å². The summed E-state index contributed by atoms with van der Waals surface area (Å²) in [4.78, 5) is 53.8. The van der Waals surface area contributed by atoms with Crippen LogP contribution in [0.25, 0.3) is 43.4 Å². The highest BCUT2D eigenvalue weighted by Crippen LogP contribution is 2.28.